The fraction of sp³-hybridized carbons (Fsp3) is 0.478. The summed E-state index contributed by atoms with van der Waals surface area (Å²) in [6.07, 6.45) is 7.54. The number of hydrogen-bond donors (Lipinski definition) is 2. The fourth-order valence-electron chi connectivity index (χ4n) is 4.71. The average Bonchev–Trinajstić information content (AvgIpc) is 3.50. The molecule has 29 heavy (non-hydrogen) atoms. The third-order valence-electron chi connectivity index (χ3n) is 6.48. The van der Waals surface area contributed by atoms with Crippen LogP contribution in [0.1, 0.15) is 61.1 Å². The topological polar surface area (TPSA) is 66.8 Å². The van der Waals surface area contributed by atoms with Gasteiger partial charge in [-0.3, -0.25) is 4.57 Å². The molecule has 0 saturated heterocycles. The molecule has 0 spiro atoms. The molecule has 0 bridgehead atoms. The predicted molar refractivity (Wildman–Crippen MR) is 111 cm³/mol. The van der Waals surface area contributed by atoms with E-state index in [2.05, 4.69) is 0 Å². The van der Waals surface area contributed by atoms with Gasteiger partial charge in [0, 0.05) is 0 Å². The van der Waals surface area contributed by atoms with Crippen molar-refractivity contribution in [3.63, 3.8) is 0 Å². The van der Waals surface area contributed by atoms with Gasteiger partial charge in [-0.1, -0.05) is 6.07 Å². The van der Waals surface area contributed by atoms with Crippen LogP contribution in [0.25, 0.3) is 0 Å². The Balaban J connectivity index is 1.49. The first-order valence-electron chi connectivity index (χ1n) is 10.4. The average molecular weight is 418 g/mol. The van der Waals surface area contributed by atoms with Crippen molar-refractivity contribution < 1.29 is 23.5 Å². The van der Waals surface area contributed by atoms with Gasteiger partial charge in [-0.05, 0) is 111 Å². The lowest BCUT2D eigenvalue weighted by Gasteiger charge is -2.29. The van der Waals surface area contributed by atoms with Crippen LogP contribution < -0.4 is 10.0 Å². The van der Waals surface area contributed by atoms with Crippen molar-refractivity contribution in [2.24, 2.45) is 11.8 Å². The SMILES string of the molecule is Cc1cc(P(=O)(O)O)cc(C)c1Oc1ccc(C2CCC(C3CC3)CC2)cc1F. The van der Waals surface area contributed by atoms with Crippen molar-refractivity contribution in [3.05, 3.63) is 52.8 Å². The maximum atomic E-state index is 14.8. The van der Waals surface area contributed by atoms with E-state index in [1.165, 1.54) is 37.8 Å². The number of ether oxygens (including phenoxy) is 1. The van der Waals surface area contributed by atoms with E-state index in [1.54, 1.807) is 26.0 Å². The summed E-state index contributed by atoms with van der Waals surface area (Å²) in [7, 11) is -4.34. The van der Waals surface area contributed by atoms with Crippen LogP contribution >= 0.6 is 7.60 Å². The Hall–Kier alpha value is -1.68. The Morgan fingerprint density at radius 2 is 1.48 bits per heavy atom. The standard InChI is InChI=1S/C23H28FO4P/c1-14-11-20(29(25,26)27)12-15(2)23(14)28-22-10-9-19(13-21(22)24)18-7-5-17(6-8-18)16-3-4-16/h9-13,16-18H,3-8H2,1-2H3,(H2,25,26,27). The smallest absolute Gasteiger partial charge is 0.356 e. The Labute approximate surface area is 171 Å². The van der Waals surface area contributed by atoms with Gasteiger partial charge in [-0.15, -0.1) is 0 Å². The van der Waals surface area contributed by atoms with E-state index in [9.17, 15) is 18.7 Å². The van der Waals surface area contributed by atoms with Crippen LogP contribution in [0.2, 0.25) is 0 Å². The minimum Gasteiger partial charge on any atom is -0.454 e. The zero-order valence-corrected chi connectivity index (χ0v) is 17.8. The molecule has 2 N–H and O–H groups in total. The van der Waals surface area contributed by atoms with Gasteiger partial charge in [0.15, 0.2) is 11.6 Å². The molecule has 0 heterocycles. The second-order valence-corrected chi connectivity index (χ2v) is 10.3. The van der Waals surface area contributed by atoms with Crippen molar-refractivity contribution in [3.8, 4) is 11.5 Å². The summed E-state index contributed by atoms with van der Waals surface area (Å²) >= 11 is 0. The van der Waals surface area contributed by atoms with Crippen molar-refractivity contribution in [1.29, 1.82) is 0 Å². The number of aryl methyl sites for hydroxylation is 2. The molecular formula is C23H28FO4P. The lowest BCUT2D eigenvalue weighted by Crippen LogP contribution is -2.15. The summed E-state index contributed by atoms with van der Waals surface area (Å²) in [6, 6.07) is 8.01. The number of hydrogen-bond acceptors (Lipinski definition) is 2. The van der Waals surface area contributed by atoms with Crippen LogP contribution in [0.15, 0.2) is 30.3 Å². The molecule has 2 saturated carbocycles. The Kier molecular flexibility index (Phi) is 5.58. The molecule has 2 fully saturated rings. The predicted octanol–water partition coefficient (Wildman–Crippen LogP) is 5.72. The van der Waals surface area contributed by atoms with E-state index in [0.29, 0.717) is 22.8 Å². The van der Waals surface area contributed by atoms with Crippen molar-refractivity contribution >= 4 is 12.9 Å². The number of halogens is 1. The highest BCUT2D eigenvalue weighted by Gasteiger charge is 2.34. The van der Waals surface area contributed by atoms with Crippen LogP contribution in [0, 0.1) is 31.5 Å². The molecule has 0 aromatic heterocycles. The van der Waals surface area contributed by atoms with Crippen LogP contribution in [0.4, 0.5) is 4.39 Å². The molecule has 4 rings (SSSR count). The van der Waals surface area contributed by atoms with Gasteiger partial charge in [0.25, 0.3) is 0 Å². The van der Waals surface area contributed by atoms with Crippen LogP contribution in [-0.2, 0) is 4.57 Å². The van der Waals surface area contributed by atoms with E-state index < -0.39 is 13.4 Å². The van der Waals surface area contributed by atoms with Crippen molar-refractivity contribution in [2.75, 3.05) is 0 Å². The molecule has 156 valence electrons. The molecule has 2 aromatic carbocycles. The van der Waals surface area contributed by atoms with Gasteiger partial charge in [-0.25, -0.2) is 4.39 Å². The number of benzene rings is 2. The molecule has 0 atom stereocenters. The zero-order chi connectivity index (χ0) is 20.8. The Bertz CT molecular complexity index is 932. The Morgan fingerprint density at radius 3 is 1.97 bits per heavy atom. The van der Waals surface area contributed by atoms with Crippen molar-refractivity contribution in [2.45, 2.75) is 58.3 Å². The van der Waals surface area contributed by atoms with Gasteiger partial charge in [0.1, 0.15) is 5.75 Å². The summed E-state index contributed by atoms with van der Waals surface area (Å²) in [5, 5.41) is -0.0579. The fourth-order valence-corrected chi connectivity index (χ4v) is 5.44. The van der Waals surface area contributed by atoms with E-state index in [4.69, 9.17) is 4.74 Å². The first-order chi connectivity index (χ1) is 13.7. The maximum Gasteiger partial charge on any atom is 0.356 e. The van der Waals surface area contributed by atoms with Gasteiger partial charge in [-0.2, -0.15) is 0 Å². The first kappa shape index (κ1) is 20.6. The van der Waals surface area contributed by atoms with Crippen LogP contribution in [0.5, 0.6) is 11.5 Å². The molecule has 4 nitrogen and oxygen atoms in total. The summed E-state index contributed by atoms with van der Waals surface area (Å²) in [5.41, 5.74) is 2.16. The minimum absolute atomic E-state index is 0.0579. The van der Waals surface area contributed by atoms with E-state index in [-0.39, 0.29) is 11.1 Å². The van der Waals surface area contributed by atoms with Crippen molar-refractivity contribution in [1.82, 2.24) is 0 Å². The second kappa shape index (κ2) is 7.86. The van der Waals surface area contributed by atoms with E-state index in [1.807, 2.05) is 6.07 Å². The number of rotatable bonds is 5. The largest absolute Gasteiger partial charge is 0.454 e. The third-order valence-corrected chi connectivity index (χ3v) is 7.41. The first-order valence-corrected chi connectivity index (χ1v) is 12.0. The highest BCUT2D eigenvalue weighted by molar-refractivity contribution is 7.60. The highest BCUT2D eigenvalue weighted by atomic mass is 31.2. The highest BCUT2D eigenvalue weighted by Crippen LogP contribution is 2.47. The quantitative estimate of drug-likeness (QED) is 0.610. The molecule has 0 aliphatic heterocycles. The summed E-state index contributed by atoms with van der Waals surface area (Å²) in [5.74, 6) is 2.41. The van der Waals surface area contributed by atoms with Gasteiger partial charge in [0.05, 0.1) is 5.30 Å². The molecule has 2 aromatic rings. The van der Waals surface area contributed by atoms with Crippen LogP contribution in [0.3, 0.4) is 0 Å². The van der Waals surface area contributed by atoms with Gasteiger partial charge >= 0.3 is 7.60 Å². The summed E-state index contributed by atoms with van der Waals surface area (Å²) < 4.78 is 32.1. The molecule has 0 amide bonds. The monoisotopic (exact) mass is 418 g/mol. The normalized spacial score (nSPS) is 22.5. The Morgan fingerprint density at radius 1 is 0.931 bits per heavy atom. The van der Waals surface area contributed by atoms with Gasteiger partial charge in [0.2, 0.25) is 0 Å². The van der Waals surface area contributed by atoms with Gasteiger partial charge < -0.3 is 14.5 Å². The molecule has 0 unspecified atom stereocenters. The lowest BCUT2D eigenvalue weighted by molar-refractivity contribution is 0.295. The molecule has 6 heteroatoms. The van der Waals surface area contributed by atoms with E-state index in [0.717, 1.165) is 30.2 Å². The van der Waals surface area contributed by atoms with E-state index >= 15 is 0 Å². The summed E-state index contributed by atoms with van der Waals surface area (Å²) in [4.78, 5) is 18.8. The minimum atomic E-state index is -4.34. The molecule has 2 aliphatic rings. The third kappa shape index (κ3) is 4.58. The summed E-state index contributed by atoms with van der Waals surface area (Å²) in [6.45, 7) is 3.40. The zero-order valence-electron chi connectivity index (χ0n) is 16.9. The second-order valence-electron chi connectivity index (χ2n) is 8.69. The maximum absolute atomic E-state index is 14.8. The molecular weight excluding hydrogens is 390 g/mol. The lowest BCUT2D eigenvalue weighted by atomic mass is 9.77. The molecule has 2 aliphatic carbocycles. The van der Waals surface area contributed by atoms with Crippen LogP contribution in [-0.4, -0.2) is 9.79 Å². The molecule has 0 radical (unpaired) electrons.